The summed E-state index contributed by atoms with van der Waals surface area (Å²) in [6.07, 6.45) is 1.27. The van der Waals surface area contributed by atoms with E-state index in [-0.39, 0.29) is 12.1 Å². The van der Waals surface area contributed by atoms with Crippen molar-refractivity contribution in [1.29, 1.82) is 0 Å². The average Bonchev–Trinajstić information content (AvgIpc) is 2.68. The lowest BCUT2D eigenvalue weighted by Crippen LogP contribution is -2.46. The Morgan fingerprint density at radius 1 is 1.56 bits per heavy atom. The van der Waals surface area contributed by atoms with Gasteiger partial charge in [-0.2, -0.15) is 0 Å². The van der Waals surface area contributed by atoms with E-state index < -0.39 is 6.10 Å². The molecule has 0 aliphatic carbocycles. The minimum atomic E-state index is -0.528. The molecule has 1 heterocycles. The van der Waals surface area contributed by atoms with Crippen molar-refractivity contribution in [2.75, 3.05) is 6.54 Å². The number of hydrogen-bond donors (Lipinski definition) is 2. The highest BCUT2D eigenvalue weighted by molar-refractivity contribution is 7.11. The summed E-state index contributed by atoms with van der Waals surface area (Å²) < 4.78 is 0. The third-order valence-corrected chi connectivity index (χ3v) is 3.32. The van der Waals surface area contributed by atoms with Crippen LogP contribution in [0.4, 0.5) is 4.79 Å². The third kappa shape index (κ3) is 4.62. The maximum atomic E-state index is 12.0. The molecule has 0 fully saturated rings. The van der Waals surface area contributed by atoms with Gasteiger partial charge in [0.1, 0.15) is 5.01 Å². The first-order chi connectivity index (χ1) is 8.40. The molecule has 0 aliphatic heterocycles. The maximum absolute atomic E-state index is 12.0. The molecule has 0 aliphatic rings. The van der Waals surface area contributed by atoms with Crippen LogP contribution in [0.2, 0.25) is 0 Å². The fraction of sp³-hybridized carbons (Fsp3) is 0.667. The molecule has 1 atom stereocenters. The molecule has 0 bridgehead atoms. The molecule has 102 valence electrons. The van der Waals surface area contributed by atoms with Crippen molar-refractivity contribution >= 4 is 17.4 Å². The van der Waals surface area contributed by atoms with Gasteiger partial charge in [-0.25, -0.2) is 9.78 Å². The van der Waals surface area contributed by atoms with Gasteiger partial charge in [0.25, 0.3) is 0 Å². The summed E-state index contributed by atoms with van der Waals surface area (Å²) in [5, 5.41) is 13.1. The van der Waals surface area contributed by atoms with Crippen molar-refractivity contribution in [1.82, 2.24) is 15.2 Å². The topological polar surface area (TPSA) is 65.5 Å². The van der Waals surface area contributed by atoms with Crippen molar-refractivity contribution in [2.45, 2.75) is 46.4 Å². The van der Waals surface area contributed by atoms with Gasteiger partial charge in [-0.15, -0.1) is 11.3 Å². The Hall–Kier alpha value is -1.14. The number of thiazole rings is 1. The number of aryl methyl sites for hydroxylation is 1. The first-order valence-electron chi connectivity index (χ1n) is 6.04. The summed E-state index contributed by atoms with van der Waals surface area (Å²) in [5.41, 5.74) is 0. The van der Waals surface area contributed by atoms with Crippen molar-refractivity contribution < 1.29 is 9.90 Å². The molecule has 1 rings (SSSR count). The Morgan fingerprint density at radius 2 is 2.22 bits per heavy atom. The Bertz CT molecular complexity index is 390. The number of nitrogens with one attached hydrogen (secondary N) is 1. The van der Waals surface area contributed by atoms with Crippen molar-refractivity contribution in [2.24, 2.45) is 0 Å². The Labute approximate surface area is 112 Å². The van der Waals surface area contributed by atoms with Crippen LogP contribution in [-0.2, 0) is 6.54 Å². The van der Waals surface area contributed by atoms with Gasteiger partial charge in [-0.1, -0.05) is 0 Å². The third-order valence-electron chi connectivity index (χ3n) is 2.41. The zero-order valence-corrected chi connectivity index (χ0v) is 12.1. The van der Waals surface area contributed by atoms with Crippen molar-refractivity contribution in [3.63, 3.8) is 0 Å². The number of aliphatic hydroxyl groups is 1. The second-order valence-electron chi connectivity index (χ2n) is 4.62. The lowest BCUT2D eigenvalue weighted by Gasteiger charge is -2.27. The highest BCUT2D eigenvalue weighted by Gasteiger charge is 2.18. The van der Waals surface area contributed by atoms with Crippen LogP contribution in [-0.4, -0.2) is 39.7 Å². The zero-order chi connectivity index (χ0) is 13.7. The number of carbonyl (C=O) groups is 1. The van der Waals surface area contributed by atoms with Crippen molar-refractivity contribution in [3.05, 3.63) is 16.1 Å². The molecule has 1 aromatic heterocycles. The summed E-state index contributed by atoms with van der Waals surface area (Å²) in [7, 11) is 0. The van der Waals surface area contributed by atoms with E-state index in [1.165, 1.54) is 0 Å². The van der Waals surface area contributed by atoms with Gasteiger partial charge in [0.05, 0.1) is 12.6 Å². The van der Waals surface area contributed by atoms with Gasteiger partial charge in [0.2, 0.25) is 0 Å². The van der Waals surface area contributed by atoms with Crippen LogP contribution in [0.1, 0.15) is 30.7 Å². The van der Waals surface area contributed by atoms with Gasteiger partial charge in [0.15, 0.2) is 0 Å². The molecular formula is C12H21N3O2S. The number of aromatic nitrogens is 1. The molecule has 5 nitrogen and oxygen atoms in total. The minimum Gasteiger partial charge on any atom is -0.392 e. The van der Waals surface area contributed by atoms with Crippen LogP contribution in [0.25, 0.3) is 0 Å². The molecule has 0 aromatic carbocycles. The molecule has 18 heavy (non-hydrogen) atoms. The molecule has 0 radical (unpaired) electrons. The van der Waals surface area contributed by atoms with Gasteiger partial charge < -0.3 is 15.3 Å². The molecule has 0 spiro atoms. The van der Waals surface area contributed by atoms with Crippen LogP contribution in [0, 0.1) is 6.92 Å². The lowest BCUT2D eigenvalue weighted by molar-refractivity contribution is 0.118. The number of nitrogens with zero attached hydrogens (tertiary/aromatic N) is 2. The molecular weight excluding hydrogens is 250 g/mol. The van der Waals surface area contributed by atoms with E-state index in [1.807, 2.05) is 20.8 Å². The van der Waals surface area contributed by atoms with Crippen molar-refractivity contribution in [3.8, 4) is 0 Å². The summed E-state index contributed by atoms with van der Waals surface area (Å²) in [6, 6.07) is -0.114. The Balaban J connectivity index is 2.51. The molecule has 6 heteroatoms. The molecule has 1 unspecified atom stereocenters. The lowest BCUT2D eigenvalue weighted by atomic mass is 10.3. The fourth-order valence-corrected chi connectivity index (χ4v) is 2.28. The Kier molecular flexibility index (Phi) is 5.55. The van der Waals surface area contributed by atoms with Gasteiger partial charge in [-0.05, 0) is 27.7 Å². The highest BCUT2D eigenvalue weighted by Crippen LogP contribution is 2.11. The van der Waals surface area contributed by atoms with Gasteiger partial charge in [-0.3, -0.25) is 0 Å². The van der Waals surface area contributed by atoms with Crippen LogP contribution < -0.4 is 5.32 Å². The van der Waals surface area contributed by atoms with Crippen LogP contribution in [0.5, 0.6) is 0 Å². The average molecular weight is 271 g/mol. The second kappa shape index (κ2) is 6.70. The van der Waals surface area contributed by atoms with E-state index >= 15 is 0 Å². The summed E-state index contributed by atoms with van der Waals surface area (Å²) in [6.45, 7) is 8.27. The van der Waals surface area contributed by atoms with Gasteiger partial charge in [0, 0.05) is 23.7 Å². The summed E-state index contributed by atoms with van der Waals surface area (Å²) in [4.78, 5) is 18.9. The Morgan fingerprint density at radius 3 is 2.67 bits per heavy atom. The largest absolute Gasteiger partial charge is 0.392 e. The van der Waals surface area contributed by atoms with Crippen LogP contribution in [0.15, 0.2) is 6.20 Å². The normalized spacial score (nSPS) is 12.6. The number of aliphatic hydroxyl groups excluding tert-OH is 1. The highest BCUT2D eigenvalue weighted by atomic mass is 32.1. The first kappa shape index (κ1) is 14.9. The predicted molar refractivity (Wildman–Crippen MR) is 72.6 cm³/mol. The van der Waals surface area contributed by atoms with Gasteiger partial charge >= 0.3 is 6.03 Å². The van der Waals surface area contributed by atoms with E-state index in [1.54, 1.807) is 29.4 Å². The first-order valence-corrected chi connectivity index (χ1v) is 6.85. The minimum absolute atomic E-state index is 0.0534. The number of amides is 2. The molecule has 1 aromatic rings. The second-order valence-corrected chi connectivity index (χ2v) is 5.94. The zero-order valence-electron chi connectivity index (χ0n) is 11.3. The van der Waals surface area contributed by atoms with E-state index in [0.717, 1.165) is 9.88 Å². The van der Waals surface area contributed by atoms with E-state index in [9.17, 15) is 9.90 Å². The maximum Gasteiger partial charge on any atom is 0.318 e. The van der Waals surface area contributed by atoms with E-state index in [0.29, 0.717) is 13.1 Å². The number of hydrogen-bond acceptors (Lipinski definition) is 4. The monoisotopic (exact) mass is 271 g/mol. The number of carbonyl (C=O) groups excluding carboxylic acids is 1. The molecule has 2 amide bonds. The van der Waals surface area contributed by atoms with Crippen LogP contribution >= 0.6 is 11.3 Å². The van der Waals surface area contributed by atoms with E-state index in [2.05, 4.69) is 10.3 Å². The number of urea groups is 1. The quantitative estimate of drug-likeness (QED) is 0.857. The summed E-state index contributed by atoms with van der Waals surface area (Å²) in [5.74, 6) is 0. The standard InChI is InChI=1S/C12H21N3O2S/c1-8(2)15(7-9(3)16)12(17)14-6-11-13-5-10(4)18-11/h5,8-9,16H,6-7H2,1-4H3,(H,14,17). The molecule has 2 N–H and O–H groups in total. The van der Waals surface area contributed by atoms with E-state index in [4.69, 9.17) is 0 Å². The number of rotatable bonds is 5. The fourth-order valence-electron chi connectivity index (χ4n) is 1.55. The molecule has 0 saturated carbocycles. The summed E-state index contributed by atoms with van der Waals surface area (Å²) >= 11 is 1.57. The smallest absolute Gasteiger partial charge is 0.318 e. The molecule has 0 saturated heterocycles. The predicted octanol–water partition coefficient (Wildman–Crippen LogP) is 1.75. The SMILES string of the molecule is Cc1cnc(CNC(=O)N(CC(C)O)C(C)C)s1. The van der Waals surface area contributed by atoms with Crippen LogP contribution in [0.3, 0.4) is 0 Å².